The van der Waals surface area contributed by atoms with Gasteiger partial charge in [-0.2, -0.15) is 0 Å². The zero-order chi connectivity index (χ0) is 13.1. The molecule has 19 heavy (non-hydrogen) atoms. The molecule has 2 aromatic rings. The Bertz CT molecular complexity index is 553. The fraction of sp³-hybridized carbons (Fsp3) is 0.333. The third kappa shape index (κ3) is 2.90. The lowest BCUT2D eigenvalue weighted by Crippen LogP contribution is -2.15. The quantitative estimate of drug-likeness (QED) is 0.891. The third-order valence-corrected chi connectivity index (χ3v) is 3.33. The second-order valence-electron chi connectivity index (χ2n) is 4.81. The summed E-state index contributed by atoms with van der Waals surface area (Å²) in [6.07, 6.45) is 7.77. The van der Waals surface area contributed by atoms with Crippen molar-refractivity contribution in [1.82, 2.24) is 15.3 Å². The maximum Gasteiger partial charge on any atom is 0.123 e. The monoisotopic (exact) mass is 255 g/mol. The molecule has 98 valence electrons. The first kappa shape index (κ1) is 12.1. The third-order valence-electron chi connectivity index (χ3n) is 3.33. The summed E-state index contributed by atoms with van der Waals surface area (Å²) in [4.78, 5) is 8.12. The van der Waals surface area contributed by atoms with Gasteiger partial charge in [0.15, 0.2) is 0 Å². The average Bonchev–Trinajstić information content (AvgIpc) is 3.30. The topological polar surface area (TPSA) is 47.0 Å². The zero-order valence-corrected chi connectivity index (χ0v) is 11.0. The smallest absolute Gasteiger partial charge is 0.123 e. The van der Waals surface area contributed by atoms with Crippen LogP contribution in [-0.2, 0) is 6.54 Å². The van der Waals surface area contributed by atoms with E-state index in [4.69, 9.17) is 4.74 Å². The van der Waals surface area contributed by atoms with Crippen LogP contribution >= 0.6 is 0 Å². The number of nitrogens with zero attached hydrogens (tertiary/aromatic N) is 2. The number of rotatable bonds is 5. The summed E-state index contributed by atoms with van der Waals surface area (Å²) in [5.41, 5.74) is 3.32. The molecular formula is C15H17N3O. The summed E-state index contributed by atoms with van der Waals surface area (Å²) in [5.74, 6) is 0.925. The van der Waals surface area contributed by atoms with Crippen LogP contribution in [0.5, 0.6) is 5.75 Å². The molecule has 1 heterocycles. The molecular weight excluding hydrogens is 238 g/mol. The van der Waals surface area contributed by atoms with Crippen LogP contribution < -0.4 is 10.1 Å². The van der Waals surface area contributed by atoms with Crippen LogP contribution in [0.25, 0.3) is 11.1 Å². The highest BCUT2D eigenvalue weighted by Crippen LogP contribution is 2.27. The van der Waals surface area contributed by atoms with Crippen molar-refractivity contribution in [3.63, 3.8) is 0 Å². The van der Waals surface area contributed by atoms with Gasteiger partial charge in [-0.25, -0.2) is 9.97 Å². The van der Waals surface area contributed by atoms with Crippen molar-refractivity contribution >= 4 is 0 Å². The second-order valence-corrected chi connectivity index (χ2v) is 4.81. The first-order valence-electron chi connectivity index (χ1n) is 6.52. The largest absolute Gasteiger partial charge is 0.496 e. The summed E-state index contributed by atoms with van der Waals surface area (Å²) in [5, 5.41) is 3.52. The number of ether oxygens (including phenoxy) is 1. The number of benzene rings is 1. The molecule has 0 unspecified atom stereocenters. The minimum atomic E-state index is 0.688. The van der Waals surface area contributed by atoms with E-state index in [1.807, 2.05) is 24.5 Å². The van der Waals surface area contributed by atoms with Crippen molar-refractivity contribution < 1.29 is 4.74 Å². The van der Waals surface area contributed by atoms with Gasteiger partial charge >= 0.3 is 0 Å². The van der Waals surface area contributed by atoms with Crippen molar-refractivity contribution in [2.45, 2.75) is 25.4 Å². The minimum absolute atomic E-state index is 0.688. The Morgan fingerprint density at radius 2 is 2.00 bits per heavy atom. The lowest BCUT2D eigenvalue weighted by atomic mass is 10.0. The maximum absolute atomic E-state index is 5.42. The Morgan fingerprint density at radius 1 is 1.21 bits per heavy atom. The first-order chi connectivity index (χ1) is 9.36. The van der Waals surface area contributed by atoms with E-state index in [1.54, 1.807) is 13.4 Å². The predicted molar refractivity (Wildman–Crippen MR) is 73.9 cm³/mol. The minimum Gasteiger partial charge on any atom is -0.496 e. The number of hydrogen-bond donors (Lipinski definition) is 1. The lowest BCUT2D eigenvalue weighted by molar-refractivity contribution is 0.407. The van der Waals surface area contributed by atoms with Gasteiger partial charge in [0.2, 0.25) is 0 Å². The molecule has 0 atom stereocenters. The van der Waals surface area contributed by atoms with E-state index in [2.05, 4.69) is 21.4 Å². The maximum atomic E-state index is 5.42. The van der Waals surface area contributed by atoms with Crippen molar-refractivity contribution in [3.05, 3.63) is 42.5 Å². The Kier molecular flexibility index (Phi) is 3.42. The number of hydrogen-bond acceptors (Lipinski definition) is 4. The molecule has 4 heteroatoms. The van der Waals surface area contributed by atoms with Crippen LogP contribution in [0.4, 0.5) is 0 Å². The first-order valence-corrected chi connectivity index (χ1v) is 6.52. The van der Waals surface area contributed by atoms with E-state index in [9.17, 15) is 0 Å². The highest BCUT2D eigenvalue weighted by atomic mass is 16.5. The molecule has 0 spiro atoms. The van der Waals surface area contributed by atoms with Gasteiger partial charge in [-0.1, -0.05) is 6.07 Å². The summed E-state index contributed by atoms with van der Waals surface area (Å²) in [7, 11) is 1.71. The van der Waals surface area contributed by atoms with Gasteiger partial charge in [-0.15, -0.1) is 0 Å². The van der Waals surface area contributed by atoms with Crippen LogP contribution in [-0.4, -0.2) is 23.1 Å². The zero-order valence-electron chi connectivity index (χ0n) is 11.0. The fourth-order valence-corrected chi connectivity index (χ4v) is 2.09. The van der Waals surface area contributed by atoms with E-state index >= 15 is 0 Å². The molecule has 3 rings (SSSR count). The molecule has 0 aliphatic heterocycles. The van der Waals surface area contributed by atoms with Crippen LogP contribution in [0, 0.1) is 0 Å². The van der Waals surface area contributed by atoms with Gasteiger partial charge in [-0.05, 0) is 30.5 Å². The van der Waals surface area contributed by atoms with Gasteiger partial charge in [0, 0.05) is 36.1 Å². The van der Waals surface area contributed by atoms with E-state index in [0.717, 1.165) is 23.4 Å². The average molecular weight is 255 g/mol. The number of nitrogens with one attached hydrogen (secondary N) is 1. The Hall–Kier alpha value is -1.94. The molecule has 0 bridgehead atoms. The highest BCUT2D eigenvalue weighted by Gasteiger charge is 2.20. The molecule has 1 saturated carbocycles. The molecule has 0 saturated heterocycles. The standard InChI is InChI=1S/C15H17N3O/c1-19-15-5-2-11(13-7-16-10-17-8-13)6-12(15)9-18-14-3-4-14/h2,5-8,10,14,18H,3-4,9H2,1H3. The van der Waals surface area contributed by atoms with Crippen LogP contribution in [0.15, 0.2) is 36.9 Å². The fourth-order valence-electron chi connectivity index (χ4n) is 2.09. The van der Waals surface area contributed by atoms with Crippen LogP contribution in [0.3, 0.4) is 0 Å². The van der Waals surface area contributed by atoms with Gasteiger partial charge < -0.3 is 10.1 Å². The number of methoxy groups -OCH3 is 1. The van der Waals surface area contributed by atoms with Crippen LogP contribution in [0.1, 0.15) is 18.4 Å². The molecule has 0 radical (unpaired) electrons. The van der Waals surface area contributed by atoms with E-state index in [0.29, 0.717) is 6.04 Å². The van der Waals surface area contributed by atoms with Gasteiger partial charge in [0.1, 0.15) is 12.1 Å². The molecule has 1 fully saturated rings. The summed E-state index contributed by atoms with van der Waals surface area (Å²) < 4.78 is 5.42. The van der Waals surface area contributed by atoms with Crippen molar-refractivity contribution in [2.24, 2.45) is 0 Å². The molecule has 1 aliphatic rings. The number of aromatic nitrogens is 2. The summed E-state index contributed by atoms with van der Waals surface area (Å²) in [6.45, 7) is 0.843. The molecule has 0 amide bonds. The highest BCUT2D eigenvalue weighted by molar-refractivity contribution is 5.64. The molecule has 1 aromatic heterocycles. The SMILES string of the molecule is COc1ccc(-c2cncnc2)cc1CNC1CC1. The summed E-state index contributed by atoms with van der Waals surface area (Å²) >= 11 is 0. The molecule has 1 N–H and O–H groups in total. The molecule has 1 aliphatic carbocycles. The van der Waals surface area contributed by atoms with Gasteiger partial charge in [0.05, 0.1) is 7.11 Å². The normalized spacial score (nSPS) is 14.4. The van der Waals surface area contributed by atoms with Crippen molar-refractivity contribution in [1.29, 1.82) is 0 Å². The van der Waals surface area contributed by atoms with E-state index in [-0.39, 0.29) is 0 Å². The van der Waals surface area contributed by atoms with Crippen LogP contribution in [0.2, 0.25) is 0 Å². The van der Waals surface area contributed by atoms with E-state index < -0.39 is 0 Å². The molecule has 4 nitrogen and oxygen atoms in total. The second kappa shape index (κ2) is 5.36. The molecule has 1 aromatic carbocycles. The van der Waals surface area contributed by atoms with Gasteiger partial charge in [0.25, 0.3) is 0 Å². The summed E-state index contributed by atoms with van der Waals surface area (Å²) in [6, 6.07) is 6.88. The Labute approximate surface area is 112 Å². The van der Waals surface area contributed by atoms with Crippen molar-refractivity contribution in [3.8, 4) is 16.9 Å². The lowest BCUT2D eigenvalue weighted by Gasteiger charge is -2.11. The van der Waals surface area contributed by atoms with Gasteiger partial charge in [-0.3, -0.25) is 0 Å². The predicted octanol–water partition coefficient (Wildman–Crippen LogP) is 2.40. The van der Waals surface area contributed by atoms with Crippen molar-refractivity contribution in [2.75, 3.05) is 7.11 Å². The van der Waals surface area contributed by atoms with E-state index in [1.165, 1.54) is 18.4 Å². The Balaban J connectivity index is 1.87. The Morgan fingerprint density at radius 3 is 2.68 bits per heavy atom.